The molecule has 0 aliphatic heterocycles. The molecule has 2 nitrogen and oxygen atoms in total. The summed E-state index contributed by atoms with van der Waals surface area (Å²) in [5, 5.41) is 14.0. The Labute approximate surface area is 112 Å². The van der Waals surface area contributed by atoms with Gasteiger partial charge in [0.2, 0.25) is 0 Å². The topological polar surface area (TPSA) is 32.3 Å². The van der Waals surface area contributed by atoms with Gasteiger partial charge in [-0.1, -0.05) is 6.92 Å². The van der Waals surface area contributed by atoms with Gasteiger partial charge in [0, 0.05) is 11.6 Å². The van der Waals surface area contributed by atoms with E-state index in [4.69, 9.17) is 0 Å². The fraction of sp³-hybridized carbons (Fsp3) is 0.600. The van der Waals surface area contributed by atoms with Crippen molar-refractivity contribution >= 4 is 0 Å². The normalized spacial score (nSPS) is 27.5. The summed E-state index contributed by atoms with van der Waals surface area (Å²) in [4.78, 5) is 0. The summed E-state index contributed by atoms with van der Waals surface area (Å²) >= 11 is 0. The minimum atomic E-state index is -1.23. The van der Waals surface area contributed by atoms with Crippen LogP contribution < -0.4 is 5.32 Å². The van der Waals surface area contributed by atoms with E-state index in [0.29, 0.717) is 18.9 Å². The maximum absolute atomic E-state index is 13.8. The Morgan fingerprint density at radius 3 is 2.63 bits per heavy atom. The molecule has 2 N–H and O–H groups in total. The number of nitrogens with one attached hydrogen (secondary N) is 1. The molecule has 0 aromatic heterocycles. The highest BCUT2D eigenvalue weighted by Gasteiger charge is 2.36. The van der Waals surface area contributed by atoms with Crippen molar-refractivity contribution in [2.45, 2.75) is 50.7 Å². The van der Waals surface area contributed by atoms with Crippen molar-refractivity contribution in [3.8, 4) is 0 Å². The largest absolute Gasteiger partial charge is 0.385 e. The van der Waals surface area contributed by atoms with E-state index in [1.54, 1.807) is 0 Å². The van der Waals surface area contributed by atoms with Gasteiger partial charge in [0.1, 0.15) is 11.6 Å². The molecule has 1 aromatic rings. The monoisotopic (exact) mass is 269 g/mol. The first-order valence-electron chi connectivity index (χ1n) is 6.96. The van der Waals surface area contributed by atoms with Gasteiger partial charge in [0.25, 0.3) is 0 Å². The van der Waals surface area contributed by atoms with Crippen LogP contribution in [0.5, 0.6) is 0 Å². The van der Waals surface area contributed by atoms with E-state index >= 15 is 0 Å². The molecule has 0 spiro atoms. The highest BCUT2D eigenvalue weighted by Crippen LogP contribution is 2.38. The van der Waals surface area contributed by atoms with E-state index in [0.717, 1.165) is 44.0 Å². The standard InChI is InChI=1S/C15H21F2NO/c1-2-9-18-12-5-7-15(19,8-6-12)13-10-11(16)3-4-14(13)17/h3-4,10,12,18-19H,2,5-9H2,1H3. The van der Waals surface area contributed by atoms with Crippen LogP contribution in [0, 0.1) is 11.6 Å². The van der Waals surface area contributed by atoms with Crippen molar-refractivity contribution < 1.29 is 13.9 Å². The number of halogens is 2. The number of hydrogen-bond donors (Lipinski definition) is 2. The van der Waals surface area contributed by atoms with Crippen molar-refractivity contribution in [1.82, 2.24) is 5.32 Å². The zero-order valence-corrected chi connectivity index (χ0v) is 11.3. The van der Waals surface area contributed by atoms with Crippen molar-refractivity contribution in [3.63, 3.8) is 0 Å². The van der Waals surface area contributed by atoms with Crippen LogP contribution in [0.4, 0.5) is 8.78 Å². The molecule has 0 unspecified atom stereocenters. The third-order valence-electron chi connectivity index (χ3n) is 3.93. The zero-order valence-electron chi connectivity index (χ0n) is 11.3. The van der Waals surface area contributed by atoms with E-state index in [9.17, 15) is 13.9 Å². The van der Waals surface area contributed by atoms with Crippen molar-refractivity contribution in [2.75, 3.05) is 6.54 Å². The second kappa shape index (κ2) is 5.97. The molecule has 1 aliphatic carbocycles. The summed E-state index contributed by atoms with van der Waals surface area (Å²) in [6.07, 6.45) is 3.57. The van der Waals surface area contributed by atoms with Crippen LogP contribution in [0.15, 0.2) is 18.2 Å². The zero-order chi connectivity index (χ0) is 13.9. The van der Waals surface area contributed by atoms with Gasteiger partial charge in [0.15, 0.2) is 0 Å². The van der Waals surface area contributed by atoms with E-state index in [-0.39, 0.29) is 5.56 Å². The van der Waals surface area contributed by atoms with Crippen molar-refractivity contribution in [2.24, 2.45) is 0 Å². The minimum absolute atomic E-state index is 0.0986. The summed E-state index contributed by atoms with van der Waals surface area (Å²) in [5.74, 6) is -1.03. The third-order valence-corrected chi connectivity index (χ3v) is 3.93. The Bertz CT molecular complexity index is 428. The predicted molar refractivity (Wildman–Crippen MR) is 70.8 cm³/mol. The van der Waals surface area contributed by atoms with E-state index < -0.39 is 17.2 Å². The summed E-state index contributed by atoms with van der Waals surface area (Å²) in [5.41, 5.74) is -1.13. The average molecular weight is 269 g/mol. The lowest BCUT2D eigenvalue weighted by Gasteiger charge is -2.37. The molecule has 0 heterocycles. The van der Waals surface area contributed by atoms with Gasteiger partial charge >= 0.3 is 0 Å². The second-order valence-corrected chi connectivity index (χ2v) is 5.38. The molecule has 0 amide bonds. The highest BCUT2D eigenvalue weighted by atomic mass is 19.1. The van der Waals surface area contributed by atoms with Crippen LogP contribution in [0.2, 0.25) is 0 Å². The van der Waals surface area contributed by atoms with Crippen LogP contribution in [0.1, 0.15) is 44.6 Å². The number of benzene rings is 1. The van der Waals surface area contributed by atoms with E-state index in [2.05, 4.69) is 12.2 Å². The van der Waals surface area contributed by atoms with Crippen molar-refractivity contribution in [3.05, 3.63) is 35.4 Å². The molecule has 0 bridgehead atoms. The Morgan fingerprint density at radius 1 is 1.32 bits per heavy atom. The molecular weight excluding hydrogens is 248 g/mol. The lowest BCUT2D eigenvalue weighted by atomic mass is 9.77. The first-order valence-corrected chi connectivity index (χ1v) is 6.96. The first-order chi connectivity index (χ1) is 9.05. The molecule has 2 rings (SSSR count). The molecule has 1 aromatic carbocycles. The molecule has 1 fully saturated rings. The lowest BCUT2D eigenvalue weighted by molar-refractivity contribution is -0.0115. The van der Waals surface area contributed by atoms with Crippen LogP contribution >= 0.6 is 0 Å². The maximum Gasteiger partial charge on any atom is 0.129 e. The van der Waals surface area contributed by atoms with Gasteiger partial charge in [-0.2, -0.15) is 0 Å². The molecular formula is C15H21F2NO. The van der Waals surface area contributed by atoms with Crippen LogP contribution in [0.3, 0.4) is 0 Å². The summed E-state index contributed by atoms with van der Waals surface area (Å²) in [6, 6.07) is 3.66. The van der Waals surface area contributed by atoms with Crippen molar-refractivity contribution in [1.29, 1.82) is 0 Å². The Kier molecular flexibility index (Phi) is 4.53. The SMILES string of the molecule is CCCNC1CCC(O)(c2cc(F)ccc2F)CC1. The van der Waals surface area contributed by atoms with Crippen LogP contribution in [0.25, 0.3) is 0 Å². The molecule has 106 valence electrons. The molecule has 1 saturated carbocycles. The smallest absolute Gasteiger partial charge is 0.129 e. The minimum Gasteiger partial charge on any atom is -0.385 e. The molecule has 0 atom stereocenters. The van der Waals surface area contributed by atoms with Gasteiger partial charge in [-0.3, -0.25) is 0 Å². The number of rotatable bonds is 4. The summed E-state index contributed by atoms with van der Waals surface area (Å²) in [7, 11) is 0. The number of hydrogen-bond acceptors (Lipinski definition) is 2. The van der Waals surface area contributed by atoms with Gasteiger partial charge in [-0.15, -0.1) is 0 Å². The Morgan fingerprint density at radius 2 is 2.00 bits per heavy atom. The molecule has 19 heavy (non-hydrogen) atoms. The van der Waals surface area contributed by atoms with E-state index in [1.165, 1.54) is 0 Å². The molecule has 4 heteroatoms. The molecule has 0 saturated heterocycles. The summed E-state index contributed by atoms with van der Waals surface area (Å²) < 4.78 is 27.0. The third kappa shape index (κ3) is 3.31. The van der Waals surface area contributed by atoms with Crippen LogP contribution in [-0.2, 0) is 5.60 Å². The van der Waals surface area contributed by atoms with Gasteiger partial charge < -0.3 is 10.4 Å². The highest BCUT2D eigenvalue weighted by molar-refractivity contribution is 5.26. The van der Waals surface area contributed by atoms with Gasteiger partial charge in [0.05, 0.1) is 5.60 Å². The number of aliphatic hydroxyl groups is 1. The quantitative estimate of drug-likeness (QED) is 0.880. The first kappa shape index (κ1) is 14.4. The Balaban J connectivity index is 2.07. The fourth-order valence-corrected chi connectivity index (χ4v) is 2.77. The molecule has 1 aliphatic rings. The Hall–Kier alpha value is -1.00. The van der Waals surface area contributed by atoms with Gasteiger partial charge in [-0.05, 0) is 56.8 Å². The average Bonchev–Trinajstić information content (AvgIpc) is 2.41. The second-order valence-electron chi connectivity index (χ2n) is 5.38. The molecule has 0 radical (unpaired) electrons. The summed E-state index contributed by atoms with van der Waals surface area (Å²) in [6.45, 7) is 3.06. The fourth-order valence-electron chi connectivity index (χ4n) is 2.77. The van der Waals surface area contributed by atoms with Gasteiger partial charge in [-0.25, -0.2) is 8.78 Å². The van der Waals surface area contributed by atoms with Crippen LogP contribution in [-0.4, -0.2) is 17.7 Å². The maximum atomic E-state index is 13.8. The predicted octanol–water partition coefficient (Wildman–Crippen LogP) is 3.09. The lowest BCUT2D eigenvalue weighted by Crippen LogP contribution is -2.40. The van der Waals surface area contributed by atoms with E-state index in [1.807, 2.05) is 0 Å².